The van der Waals surface area contributed by atoms with E-state index in [0.717, 1.165) is 0 Å². The van der Waals surface area contributed by atoms with Gasteiger partial charge in [0.15, 0.2) is 0 Å². The number of carboxylic acids is 9. The molecule has 4 saturated heterocycles. The van der Waals surface area contributed by atoms with E-state index < -0.39 is 103 Å². The van der Waals surface area contributed by atoms with Crippen LogP contribution in [0.2, 0.25) is 0 Å². The number of hydroxylamine groups is 4. The average molecular weight is 1460 g/mol. The molecule has 0 atom stereocenters. The SMILES string of the molecule is CN.CNOC(=O)CN1CCN(CC(=O)[O-])CCN(CC(=O)[O-])CCN(CC(=O)[O-])CC1.CNOC(=O)CN1CCN(CC(=O)[O-])CCN(CC(=O)[O-])CCN(CC(=O)[O-])CC1.O=C([O-])CN1CCN(CC(=O)[O-])CCN(CC(=O)ON2C(=O)CCC2=O)CCN(CC(=O)[O-])CC1.[68Ga+3]. The van der Waals surface area contributed by atoms with Crippen LogP contribution in [-0.4, -0.2) is 424 Å². The molecular weight excluding hydrogens is 1370 g/mol. The molecule has 98 heavy (non-hydrogen) atoms. The van der Waals surface area contributed by atoms with Crippen LogP contribution in [0, 0.1) is 0 Å². The van der Waals surface area contributed by atoms with E-state index in [-0.39, 0.29) is 222 Å². The molecule has 0 radical (unpaired) electrons. The zero-order chi connectivity index (χ0) is 73.0. The number of hydrogen-bond donors (Lipinski definition) is 3. The molecule has 0 aliphatic carbocycles. The number of imide groups is 1. The van der Waals surface area contributed by atoms with Crippen molar-refractivity contribution in [2.45, 2.75) is 12.8 Å². The second-order valence-corrected chi connectivity index (χ2v) is 22.1. The Labute approximate surface area is 579 Å². The standard InChI is InChI=1S/C20H31N5O10.2C17H31N5O8.CH5N.Ga/c26-15-1-2-16(27)25(15)35-20(34)14-24-9-7-22(12-18(30)31)5-3-21(11-17(28)29)4-6-23(8-10-24)13-19(32)33;2*1-18-30-17(29)13-22-8-6-20(11-15(25)26)4-2-19(10-14(23)24)3-5-21(7-9-22)12-16(27)28;1-2;/h1-14H2,(H,28,29)(H,30,31)(H,32,33);2*18H,2-13H2,1H3,(H,23,24)(H,25,26)(H,27,28);2H2,1H3;/q;;;;+3/p-9/i;;;;1-2. The molecule has 43 heteroatoms. The van der Waals surface area contributed by atoms with Crippen LogP contribution in [0.1, 0.15) is 12.8 Å². The quantitative estimate of drug-likeness (QED) is 0.0390. The molecule has 4 aliphatic rings. The fourth-order valence-electron chi connectivity index (χ4n) is 9.90. The van der Waals surface area contributed by atoms with Gasteiger partial charge in [0, 0.05) is 243 Å². The van der Waals surface area contributed by atoms with E-state index in [1.807, 2.05) is 0 Å². The second kappa shape index (κ2) is 51.9. The van der Waals surface area contributed by atoms with Crippen molar-refractivity contribution in [2.24, 2.45) is 5.73 Å². The van der Waals surface area contributed by atoms with Gasteiger partial charge in [0.2, 0.25) is 0 Å². The van der Waals surface area contributed by atoms with Crippen LogP contribution in [0.4, 0.5) is 0 Å². The van der Waals surface area contributed by atoms with Gasteiger partial charge in [0.05, 0.1) is 73.4 Å². The van der Waals surface area contributed by atoms with Gasteiger partial charge in [0.1, 0.15) is 0 Å². The van der Waals surface area contributed by atoms with Gasteiger partial charge in [-0.1, -0.05) is 0 Å². The molecule has 42 nitrogen and oxygen atoms in total. The third kappa shape index (κ3) is 44.7. The van der Waals surface area contributed by atoms with Crippen molar-refractivity contribution < 1.29 is 128 Å². The Morgan fingerprint density at radius 1 is 0.286 bits per heavy atom. The summed E-state index contributed by atoms with van der Waals surface area (Å²) in [5, 5.41) is 100. The van der Waals surface area contributed by atoms with Crippen molar-refractivity contribution in [1.82, 2.24) is 74.8 Å². The molecule has 0 bridgehead atoms. The first-order chi connectivity index (χ1) is 45.9. The third-order valence-corrected chi connectivity index (χ3v) is 14.7. The molecule has 4 rings (SSSR count). The zero-order valence-electron chi connectivity index (χ0n) is 55.5. The van der Waals surface area contributed by atoms with E-state index in [1.54, 1.807) is 44.1 Å². The van der Waals surface area contributed by atoms with E-state index in [9.17, 15) is 113 Å². The maximum absolute atomic E-state index is 12.4. The summed E-state index contributed by atoms with van der Waals surface area (Å²) in [6.07, 6.45) is -0.109. The number of amides is 2. The summed E-state index contributed by atoms with van der Waals surface area (Å²) < 4.78 is 0. The van der Waals surface area contributed by atoms with E-state index in [2.05, 4.69) is 16.7 Å². The fraction of sp³-hybridized carbons (Fsp3) is 0.745. The minimum Gasteiger partial charge on any atom is -0.549 e. The number of aliphatic carboxylic acids is 9. The number of nitrogens with one attached hydrogen (secondary N) is 2. The van der Waals surface area contributed by atoms with Crippen LogP contribution in [0.5, 0.6) is 0 Å². The van der Waals surface area contributed by atoms with E-state index in [1.165, 1.54) is 35.8 Å². The predicted molar refractivity (Wildman–Crippen MR) is 316 cm³/mol. The molecule has 0 spiro atoms. The van der Waals surface area contributed by atoms with Crippen LogP contribution < -0.4 is 62.7 Å². The summed E-state index contributed by atoms with van der Waals surface area (Å²) in [4.78, 5) is 192. The summed E-state index contributed by atoms with van der Waals surface area (Å²) in [6, 6.07) is 0. The molecule has 0 aromatic carbocycles. The molecule has 4 heterocycles. The maximum Gasteiger partial charge on any atom is 3.00 e. The van der Waals surface area contributed by atoms with E-state index in [0.29, 0.717) is 31.2 Å². The molecule has 4 aliphatic heterocycles. The van der Waals surface area contributed by atoms with Gasteiger partial charge in [-0.05, 0) is 7.05 Å². The number of rotatable bonds is 27. The molecule has 554 valence electrons. The number of carboxylic acid groups (broad SMARTS) is 9. The number of hydrogen-bond acceptors (Lipinski definition) is 41. The third-order valence-electron chi connectivity index (χ3n) is 14.7. The number of carbonyl (C=O) groups is 14. The summed E-state index contributed by atoms with van der Waals surface area (Å²) in [7, 11) is 4.38. The van der Waals surface area contributed by atoms with Crippen LogP contribution in [0.15, 0.2) is 0 Å². The van der Waals surface area contributed by atoms with Gasteiger partial charge in [-0.2, -0.15) is 11.0 Å². The minimum atomic E-state index is -1.33. The normalized spacial score (nSPS) is 18.8. The van der Waals surface area contributed by atoms with Crippen molar-refractivity contribution in [3.05, 3.63) is 0 Å². The van der Waals surface area contributed by atoms with Gasteiger partial charge in [0.25, 0.3) is 11.8 Å². The van der Waals surface area contributed by atoms with Crippen LogP contribution in [0.3, 0.4) is 0 Å². The fourth-order valence-corrected chi connectivity index (χ4v) is 9.90. The Morgan fingerprint density at radius 3 is 0.551 bits per heavy atom. The molecule has 0 unspecified atom stereocenters. The van der Waals surface area contributed by atoms with Crippen molar-refractivity contribution in [3.8, 4) is 0 Å². The van der Waals surface area contributed by atoms with E-state index >= 15 is 0 Å². The Bertz CT molecular complexity index is 2320. The smallest absolute Gasteiger partial charge is 0.549 e. The van der Waals surface area contributed by atoms with Crippen LogP contribution in [-0.2, 0) is 81.6 Å². The Hall–Kier alpha value is -7.18. The zero-order valence-corrected chi connectivity index (χ0v) is 57.9. The first-order valence-electron chi connectivity index (χ1n) is 30.8. The van der Waals surface area contributed by atoms with Crippen LogP contribution in [0.25, 0.3) is 0 Å². The van der Waals surface area contributed by atoms with Gasteiger partial charge in [-0.15, -0.1) is 5.06 Å². The van der Waals surface area contributed by atoms with Gasteiger partial charge in [-0.25, -0.2) is 14.4 Å². The van der Waals surface area contributed by atoms with Crippen molar-refractivity contribution in [3.63, 3.8) is 0 Å². The van der Waals surface area contributed by atoms with Crippen molar-refractivity contribution >= 4 is 103 Å². The van der Waals surface area contributed by atoms with Crippen molar-refractivity contribution in [2.75, 3.05) is 257 Å². The molecule has 0 aromatic rings. The molecule has 4 fully saturated rings. The summed E-state index contributed by atoms with van der Waals surface area (Å²) in [5.74, 6) is -14.8. The first kappa shape index (κ1) is 90.8. The van der Waals surface area contributed by atoms with Crippen molar-refractivity contribution in [1.29, 1.82) is 0 Å². The summed E-state index contributed by atoms with van der Waals surface area (Å²) in [6.45, 7) is 1.74. The van der Waals surface area contributed by atoms with Crippen LogP contribution >= 0.6 is 0 Å². The second-order valence-electron chi connectivity index (χ2n) is 22.1. The van der Waals surface area contributed by atoms with E-state index in [4.69, 9.17) is 14.5 Å². The first-order valence-corrected chi connectivity index (χ1v) is 30.8. The topological polar surface area (TPSA) is 566 Å². The van der Waals surface area contributed by atoms with Gasteiger partial charge >= 0.3 is 37.7 Å². The molecule has 4 N–H and O–H groups in total. The number of carbonyl (C=O) groups excluding carboxylic acids is 14. The average Bonchev–Trinajstić information content (AvgIpc) is 1.68. The van der Waals surface area contributed by atoms with Gasteiger partial charge < -0.3 is 109 Å². The summed E-state index contributed by atoms with van der Waals surface area (Å²) in [5.41, 5.74) is 9.08. The Kier molecular flexibility index (Phi) is 48.1. The molecular formula is C55H89GaN16O26-6. The monoisotopic (exact) mass is 1460 g/mol. The molecule has 0 saturated carbocycles. The Morgan fingerprint density at radius 2 is 0.418 bits per heavy atom. The minimum absolute atomic E-state index is 0. The number of nitrogens with two attached hydrogens (primary N) is 1. The Balaban J connectivity index is 0.00000142. The van der Waals surface area contributed by atoms with Gasteiger partial charge in [-0.3, -0.25) is 68.4 Å². The number of nitrogens with zero attached hydrogens (tertiary/aromatic N) is 13. The predicted octanol–water partition coefficient (Wildman–Crippen LogP) is -21.5. The molecule has 2 amide bonds. The maximum atomic E-state index is 12.4. The largest absolute Gasteiger partial charge is 3.00 e. The molecule has 0 aromatic heterocycles. The summed E-state index contributed by atoms with van der Waals surface area (Å²) >= 11 is 0.